The van der Waals surface area contributed by atoms with Crippen LogP contribution < -0.4 is 5.73 Å². The van der Waals surface area contributed by atoms with E-state index in [9.17, 15) is 4.79 Å². The van der Waals surface area contributed by atoms with Crippen molar-refractivity contribution in [3.05, 3.63) is 11.1 Å². The lowest BCUT2D eigenvalue weighted by Gasteiger charge is -2.04. The Labute approximate surface area is 97.1 Å². The summed E-state index contributed by atoms with van der Waals surface area (Å²) in [5, 5.41) is 5.69. The number of esters is 1. The Kier molecular flexibility index (Phi) is 4.24. The lowest BCUT2D eigenvalue weighted by molar-refractivity contribution is -0.132. The first kappa shape index (κ1) is 12.4. The standard InChI is InChI=1S/C9H13N3O3S/c1-5(2)15-12-7(8(13)14-3)6-4-16-9(10)11-6/h4-5H,1-3H3,(H2,10,11)/b12-7+. The molecule has 7 heteroatoms. The average molecular weight is 243 g/mol. The second-order valence-corrected chi connectivity index (χ2v) is 4.05. The fourth-order valence-electron chi connectivity index (χ4n) is 0.840. The predicted molar refractivity (Wildman–Crippen MR) is 61.3 cm³/mol. The van der Waals surface area contributed by atoms with Crippen LogP contribution in [0.2, 0.25) is 0 Å². The number of carbonyl (C=O) groups is 1. The quantitative estimate of drug-likeness (QED) is 0.485. The van der Waals surface area contributed by atoms with Crippen molar-refractivity contribution in [2.24, 2.45) is 5.16 Å². The van der Waals surface area contributed by atoms with Gasteiger partial charge in [-0.2, -0.15) is 0 Å². The topological polar surface area (TPSA) is 86.8 Å². The maximum atomic E-state index is 11.4. The zero-order valence-electron chi connectivity index (χ0n) is 9.26. The van der Waals surface area contributed by atoms with Crippen LogP contribution in [0, 0.1) is 0 Å². The third kappa shape index (κ3) is 3.20. The minimum Gasteiger partial charge on any atom is -0.464 e. The van der Waals surface area contributed by atoms with Gasteiger partial charge in [0.1, 0.15) is 11.8 Å². The molecule has 6 nitrogen and oxygen atoms in total. The zero-order chi connectivity index (χ0) is 12.1. The first-order valence-electron chi connectivity index (χ1n) is 4.58. The van der Waals surface area contributed by atoms with Crippen molar-refractivity contribution in [3.8, 4) is 0 Å². The Bertz CT molecular complexity index is 400. The smallest absolute Gasteiger partial charge is 0.362 e. The number of nitrogens with two attached hydrogens (primary N) is 1. The van der Waals surface area contributed by atoms with Crippen molar-refractivity contribution < 1.29 is 14.4 Å². The van der Waals surface area contributed by atoms with Gasteiger partial charge < -0.3 is 15.3 Å². The number of hydrogen-bond donors (Lipinski definition) is 1. The van der Waals surface area contributed by atoms with Crippen molar-refractivity contribution in [3.63, 3.8) is 0 Å². The summed E-state index contributed by atoms with van der Waals surface area (Å²) >= 11 is 1.22. The van der Waals surface area contributed by atoms with E-state index in [1.54, 1.807) is 19.2 Å². The number of carbonyl (C=O) groups excluding carboxylic acids is 1. The molecule has 1 rings (SSSR count). The minimum atomic E-state index is -0.606. The minimum absolute atomic E-state index is 0.0177. The SMILES string of the molecule is COC(=O)/C(=N/OC(C)C)c1csc(N)n1. The molecule has 0 aliphatic carbocycles. The number of aromatic nitrogens is 1. The van der Waals surface area contributed by atoms with E-state index in [1.807, 2.05) is 0 Å². The predicted octanol–water partition coefficient (Wildman–Crippen LogP) is 1.03. The average Bonchev–Trinajstić information content (AvgIpc) is 2.64. The third-order valence-corrected chi connectivity index (χ3v) is 2.17. The summed E-state index contributed by atoms with van der Waals surface area (Å²) in [7, 11) is 1.27. The summed E-state index contributed by atoms with van der Waals surface area (Å²) in [5.74, 6) is -0.606. The van der Waals surface area contributed by atoms with Gasteiger partial charge >= 0.3 is 5.97 Å². The monoisotopic (exact) mass is 243 g/mol. The van der Waals surface area contributed by atoms with Gasteiger partial charge in [-0.05, 0) is 13.8 Å². The van der Waals surface area contributed by atoms with Crippen molar-refractivity contribution >= 4 is 28.1 Å². The molecule has 1 heterocycles. The van der Waals surface area contributed by atoms with Gasteiger partial charge in [0, 0.05) is 5.38 Å². The van der Waals surface area contributed by atoms with E-state index >= 15 is 0 Å². The van der Waals surface area contributed by atoms with E-state index < -0.39 is 5.97 Å². The molecular formula is C9H13N3O3S. The molecule has 0 saturated carbocycles. The van der Waals surface area contributed by atoms with E-state index in [4.69, 9.17) is 10.6 Å². The fraction of sp³-hybridized carbons (Fsp3) is 0.444. The summed E-state index contributed by atoms with van der Waals surface area (Å²) < 4.78 is 4.58. The number of anilines is 1. The normalized spacial score (nSPS) is 11.6. The Morgan fingerprint density at radius 3 is 2.75 bits per heavy atom. The Balaban J connectivity index is 2.96. The van der Waals surface area contributed by atoms with E-state index in [0.717, 1.165) is 0 Å². The van der Waals surface area contributed by atoms with Crippen LogP contribution in [0.25, 0.3) is 0 Å². The van der Waals surface area contributed by atoms with Crippen LogP contribution in [0.15, 0.2) is 10.5 Å². The van der Waals surface area contributed by atoms with E-state index in [1.165, 1.54) is 18.4 Å². The molecule has 0 saturated heterocycles. The van der Waals surface area contributed by atoms with Gasteiger partial charge in [0.15, 0.2) is 5.13 Å². The number of oxime groups is 1. The number of rotatable bonds is 4. The summed E-state index contributed by atoms with van der Waals surface area (Å²) in [5.41, 5.74) is 5.85. The number of nitrogens with zero attached hydrogens (tertiary/aromatic N) is 2. The summed E-state index contributed by atoms with van der Waals surface area (Å²) in [6.45, 7) is 3.60. The van der Waals surface area contributed by atoms with Gasteiger partial charge in [-0.15, -0.1) is 11.3 Å². The molecule has 0 aliphatic heterocycles. The molecule has 1 aromatic heterocycles. The molecule has 88 valence electrons. The number of methoxy groups -OCH3 is 1. The third-order valence-electron chi connectivity index (χ3n) is 1.50. The van der Waals surface area contributed by atoms with Crippen molar-refractivity contribution in [1.29, 1.82) is 0 Å². The first-order chi connectivity index (χ1) is 7.54. The van der Waals surface area contributed by atoms with E-state index in [-0.39, 0.29) is 11.8 Å². The molecule has 0 atom stereocenters. The van der Waals surface area contributed by atoms with Gasteiger partial charge in [0.25, 0.3) is 0 Å². The molecule has 0 radical (unpaired) electrons. The molecule has 0 spiro atoms. The number of hydrogen-bond acceptors (Lipinski definition) is 7. The maximum Gasteiger partial charge on any atom is 0.362 e. The van der Waals surface area contributed by atoms with Crippen molar-refractivity contribution in [2.45, 2.75) is 20.0 Å². The summed E-state index contributed by atoms with van der Waals surface area (Å²) in [6.07, 6.45) is -0.129. The van der Waals surface area contributed by atoms with Gasteiger partial charge in [0.2, 0.25) is 5.71 Å². The number of nitrogen functional groups attached to an aromatic ring is 1. The van der Waals surface area contributed by atoms with Crippen LogP contribution in [-0.2, 0) is 14.4 Å². The molecule has 1 aromatic rings. The lowest BCUT2D eigenvalue weighted by Crippen LogP contribution is -2.19. The Hall–Kier alpha value is -1.63. The summed E-state index contributed by atoms with van der Waals surface area (Å²) in [6, 6.07) is 0. The van der Waals surface area contributed by atoms with E-state index in [2.05, 4.69) is 14.9 Å². The van der Waals surface area contributed by atoms with Crippen molar-refractivity contribution in [2.75, 3.05) is 12.8 Å². The lowest BCUT2D eigenvalue weighted by atomic mass is 10.3. The van der Waals surface area contributed by atoms with Gasteiger partial charge in [0.05, 0.1) is 7.11 Å². The zero-order valence-corrected chi connectivity index (χ0v) is 10.1. The number of ether oxygens (including phenoxy) is 1. The fourth-order valence-corrected chi connectivity index (χ4v) is 1.39. The molecule has 0 bridgehead atoms. The Morgan fingerprint density at radius 2 is 2.31 bits per heavy atom. The molecule has 0 fully saturated rings. The highest BCUT2D eigenvalue weighted by Gasteiger charge is 2.19. The molecular weight excluding hydrogens is 230 g/mol. The summed E-state index contributed by atoms with van der Waals surface area (Å²) in [4.78, 5) is 20.4. The molecule has 16 heavy (non-hydrogen) atoms. The van der Waals surface area contributed by atoms with Gasteiger partial charge in [-0.1, -0.05) is 5.16 Å². The second-order valence-electron chi connectivity index (χ2n) is 3.16. The highest BCUT2D eigenvalue weighted by atomic mass is 32.1. The van der Waals surface area contributed by atoms with Crippen LogP contribution in [0.1, 0.15) is 19.5 Å². The van der Waals surface area contributed by atoms with Crippen LogP contribution >= 0.6 is 11.3 Å². The highest BCUT2D eigenvalue weighted by Crippen LogP contribution is 2.13. The van der Waals surface area contributed by atoms with Crippen LogP contribution in [0.4, 0.5) is 5.13 Å². The first-order valence-corrected chi connectivity index (χ1v) is 5.46. The van der Waals surface area contributed by atoms with Gasteiger partial charge in [-0.25, -0.2) is 9.78 Å². The molecule has 0 amide bonds. The number of thiazole rings is 1. The largest absolute Gasteiger partial charge is 0.464 e. The van der Waals surface area contributed by atoms with Crippen molar-refractivity contribution in [1.82, 2.24) is 4.98 Å². The maximum absolute atomic E-state index is 11.4. The van der Waals surface area contributed by atoms with Crippen LogP contribution in [0.3, 0.4) is 0 Å². The van der Waals surface area contributed by atoms with Crippen LogP contribution in [-0.4, -0.2) is 29.9 Å². The highest BCUT2D eigenvalue weighted by molar-refractivity contribution is 7.13. The molecule has 2 N–H and O–H groups in total. The molecule has 0 aromatic carbocycles. The Morgan fingerprint density at radius 1 is 1.62 bits per heavy atom. The molecule has 0 aliphatic rings. The second kappa shape index (κ2) is 5.45. The van der Waals surface area contributed by atoms with E-state index in [0.29, 0.717) is 10.8 Å². The van der Waals surface area contributed by atoms with Gasteiger partial charge in [-0.3, -0.25) is 0 Å². The molecule has 0 unspecified atom stereocenters. The van der Waals surface area contributed by atoms with Crippen LogP contribution in [0.5, 0.6) is 0 Å².